The van der Waals surface area contributed by atoms with E-state index in [1.807, 2.05) is 26.8 Å². The fourth-order valence-electron chi connectivity index (χ4n) is 4.11. The zero-order valence-corrected chi connectivity index (χ0v) is 22.6. The van der Waals surface area contributed by atoms with Crippen LogP contribution < -0.4 is 5.56 Å². The third-order valence-electron chi connectivity index (χ3n) is 5.59. The summed E-state index contributed by atoms with van der Waals surface area (Å²) in [5, 5.41) is 4.30. The van der Waals surface area contributed by atoms with E-state index in [1.165, 1.54) is 16.0 Å². The molecule has 3 aromatic rings. The Bertz CT molecular complexity index is 1360. The lowest BCUT2D eigenvalue weighted by atomic mass is 10.0. The minimum atomic E-state index is -0.644. The fraction of sp³-hybridized carbons (Fsp3) is 0.560. The number of hydrogen-bond donors (Lipinski definition) is 1. The Balaban J connectivity index is 1.67. The van der Waals surface area contributed by atoms with E-state index in [0.29, 0.717) is 34.7 Å². The minimum absolute atomic E-state index is 0.266. The monoisotopic (exact) mass is 515 g/mol. The Labute approximate surface area is 213 Å². The van der Waals surface area contributed by atoms with E-state index in [9.17, 15) is 14.4 Å². The standard InChI is InChI=1S/C25H33N5O5S/c1-14-15(13-30(28-14)23(33)35-25(5,6)7)18-12-16-19(36-18)21(31)27-20(26-16)17-10-8-9-11-29(17)22(32)34-24(2,3)4/h12-13,17H,8-11H2,1-7H3,(H,26,27,31)/t17-/m0/s1. The molecule has 0 spiro atoms. The Kier molecular flexibility index (Phi) is 6.72. The van der Waals surface area contributed by atoms with E-state index < -0.39 is 23.4 Å². The number of H-pyrrole nitrogens is 1. The normalized spacial score (nSPS) is 16.9. The Hall–Kier alpha value is -3.21. The van der Waals surface area contributed by atoms with E-state index in [1.54, 1.807) is 38.8 Å². The summed E-state index contributed by atoms with van der Waals surface area (Å²) in [6.07, 6.45) is 3.10. The molecule has 36 heavy (non-hydrogen) atoms. The summed E-state index contributed by atoms with van der Waals surface area (Å²) < 4.78 is 12.6. The molecule has 0 radical (unpaired) electrons. The van der Waals surface area contributed by atoms with Gasteiger partial charge < -0.3 is 14.5 Å². The zero-order valence-electron chi connectivity index (χ0n) is 21.8. The largest absolute Gasteiger partial charge is 0.444 e. The van der Waals surface area contributed by atoms with Crippen LogP contribution in [0.2, 0.25) is 0 Å². The van der Waals surface area contributed by atoms with Gasteiger partial charge in [0.15, 0.2) is 0 Å². The molecule has 1 aliphatic rings. The molecule has 3 aromatic heterocycles. The molecule has 0 saturated carbocycles. The molecule has 4 heterocycles. The number of carbonyl (C=O) groups is 2. The summed E-state index contributed by atoms with van der Waals surface area (Å²) in [6.45, 7) is 13.2. The van der Waals surface area contributed by atoms with Gasteiger partial charge in [-0.05, 0) is 73.8 Å². The second kappa shape index (κ2) is 9.34. The molecular formula is C25H33N5O5S. The number of aryl methyl sites for hydroxylation is 1. The van der Waals surface area contributed by atoms with Gasteiger partial charge in [0.05, 0.1) is 17.3 Å². The van der Waals surface area contributed by atoms with Crippen LogP contribution in [0.1, 0.15) is 78.4 Å². The topological polar surface area (TPSA) is 119 Å². The predicted octanol–water partition coefficient (Wildman–Crippen LogP) is 5.40. The molecule has 194 valence electrons. The second-order valence-corrected chi connectivity index (χ2v) is 12.1. The first-order valence-corrected chi connectivity index (χ1v) is 12.9. The lowest BCUT2D eigenvalue weighted by Crippen LogP contribution is -2.42. The van der Waals surface area contributed by atoms with Crippen LogP contribution in [0, 0.1) is 6.92 Å². The predicted molar refractivity (Wildman–Crippen MR) is 137 cm³/mol. The maximum Gasteiger partial charge on any atom is 0.435 e. The molecule has 11 heteroatoms. The van der Waals surface area contributed by atoms with Gasteiger partial charge in [-0.25, -0.2) is 14.6 Å². The van der Waals surface area contributed by atoms with Crippen molar-refractivity contribution in [2.45, 2.75) is 85.0 Å². The van der Waals surface area contributed by atoms with E-state index in [4.69, 9.17) is 14.5 Å². The molecule has 1 aliphatic heterocycles. The summed E-state index contributed by atoms with van der Waals surface area (Å²) in [5.74, 6) is 0.448. The SMILES string of the molecule is Cc1nn(C(=O)OC(C)(C)C)cc1-c1cc2nc([C@@H]3CCCCN3C(=O)OC(C)(C)C)[nH]c(=O)c2s1. The molecule has 1 saturated heterocycles. The molecule has 10 nitrogen and oxygen atoms in total. The number of nitrogens with zero attached hydrogens (tertiary/aromatic N) is 4. The van der Waals surface area contributed by atoms with Crippen LogP contribution in [0.3, 0.4) is 0 Å². The summed E-state index contributed by atoms with van der Waals surface area (Å²) in [6, 6.07) is 1.45. The smallest absolute Gasteiger partial charge is 0.435 e. The van der Waals surface area contributed by atoms with Gasteiger partial charge in [0, 0.05) is 23.2 Å². The molecular weight excluding hydrogens is 482 g/mol. The Morgan fingerprint density at radius 1 is 1.08 bits per heavy atom. The van der Waals surface area contributed by atoms with Crippen LogP contribution in [-0.2, 0) is 9.47 Å². The highest BCUT2D eigenvalue weighted by molar-refractivity contribution is 7.22. The summed E-state index contributed by atoms with van der Waals surface area (Å²) in [7, 11) is 0. The number of thiophene rings is 1. The molecule has 1 N–H and O–H groups in total. The first kappa shape index (κ1) is 25.9. The van der Waals surface area contributed by atoms with Crippen LogP contribution >= 0.6 is 11.3 Å². The number of nitrogens with one attached hydrogen (secondary N) is 1. The van der Waals surface area contributed by atoms with Gasteiger partial charge in [-0.3, -0.25) is 9.69 Å². The molecule has 1 fully saturated rings. The number of aromatic nitrogens is 4. The lowest BCUT2D eigenvalue weighted by Gasteiger charge is -2.36. The van der Waals surface area contributed by atoms with Crippen molar-refractivity contribution in [1.29, 1.82) is 0 Å². The van der Waals surface area contributed by atoms with Crippen LogP contribution in [0.5, 0.6) is 0 Å². The van der Waals surface area contributed by atoms with Crippen molar-refractivity contribution in [2.24, 2.45) is 0 Å². The zero-order chi connectivity index (χ0) is 26.4. The maximum absolute atomic E-state index is 13.0. The second-order valence-electron chi connectivity index (χ2n) is 11.0. The number of ether oxygens (including phenoxy) is 2. The third kappa shape index (κ3) is 5.61. The van der Waals surface area contributed by atoms with Crippen molar-refractivity contribution in [1.82, 2.24) is 24.6 Å². The van der Waals surface area contributed by atoms with Gasteiger partial charge in [0.1, 0.15) is 21.7 Å². The third-order valence-corrected chi connectivity index (χ3v) is 6.75. The number of hydrogen-bond acceptors (Lipinski definition) is 8. The molecule has 0 aromatic carbocycles. The van der Waals surface area contributed by atoms with Gasteiger partial charge in [-0.2, -0.15) is 9.78 Å². The minimum Gasteiger partial charge on any atom is -0.444 e. The number of fused-ring (bicyclic) bond motifs is 1. The summed E-state index contributed by atoms with van der Waals surface area (Å²) in [4.78, 5) is 48.4. The number of piperidine rings is 1. The van der Waals surface area contributed by atoms with Crippen molar-refractivity contribution >= 4 is 33.7 Å². The molecule has 0 unspecified atom stereocenters. The van der Waals surface area contributed by atoms with Crippen molar-refractivity contribution in [3.05, 3.63) is 34.1 Å². The van der Waals surface area contributed by atoms with Gasteiger partial charge in [-0.15, -0.1) is 11.3 Å². The van der Waals surface area contributed by atoms with Crippen LogP contribution in [0.25, 0.3) is 20.7 Å². The number of amides is 1. The number of aromatic amines is 1. The molecule has 0 aliphatic carbocycles. The van der Waals surface area contributed by atoms with Crippen molar-refractivity contribution < 1.29 is 19.1 Å². The highest BCUT2D eigenvalue weighted by Crippen LogP contribution is 2.35. The van der Waals surface area contributed by atoms with Gasteiger partial charge in [0.2, 0.25) is 0 Å². The van der Waals surface area contributed by atoms with Gasteiger partial charge in [0.25, 0.3) is 5.56 Å². The van der Waals surface area contributed by atoms with E-state index in [0.717, 1.165) is 23.3 Å². The Morgan fingerprint density at radius 3 is 2.42 bits per heavy atom. The average molecular weight is 516 g/mol. The van der Waals surface area contributed by atoms with Gasteiger partial charge >= 0.3 is 12.2 Å². The van der Waals surface area contributed by atoms with Crippen molar-refractivity contribution in [3.63, 3.8) is 0 Å². The molecule has 4 rings (SSSR count). The summed E-state index contributed by atoms with van der Waals surface area (Å²) in [5.41, 5.74) is 0.360. The van der Waals surface area contributed by atoms with Crippen LogP contribution in [0.4, 0.5) is 9.59 Å². The lowest BCUT2D eigenvalue weighted by molar-refractivity contribution is 0.00842. The Morgan fingerprint density at radius 2 is 1.75 bits per heavy atom. The molecule has 1 amide bonds. The molecule has 0 bridgehead atoms. The summed E-state index contributed by atoms with van der Waals surface area (Å²) >= 11 is 1.28. The van der Waals surface area contributed by atoms with Crippen molar-refractivity contribution in [2.75, 3.05) is 6.54 Å². The fourth-order valence-corrected chi connectivity index (χ4v) is 5.16. The maximum atomic E-state index is 13.0. The van der Waals surface area contributed by atoms with E-state index in [2.05, 4.69) is 10.1 Å². The van der Waals surface area contributed by atoms with Crippen molar-refractivity contribution in [3.8, 4) is 10.4 Å². The quantitative estimate of drug-likeness (QED) is 0.485. The molecule has 1 atom stereocenters. The average Bonchev–Trinajstić information content (AvgIpc) is 3.35. The first-order chi connectivity index (χ1) is 16.7. The highest BCUT2D eigenvalue weighted by Gasteiger charge is 2.33. The number of likely N-dealkylation sites (tertiary alicyclic amines) is 1. The van der Waals surface area contributed by atoms with Crippen LogP contribution in [-0.4, -0.2) is 54.6 Å². The first-order valence-electron chi connectivity index (χ1n) is 12.1. The van der Waals surface area contributed by atoms with Crippen LogP contribution in [0.15, 0.2) is 17.1 Å². The number of rotatable bonds is 2. The van der Waals surface area contributed by atoms with Gasteiger partial charge in [-0.1, -0.05) is 0 Å². The highest BCUT2D eigenvalue weighted by atomic mass is 32.1. The van der Waals surface area contributed by atoms with E-state index >= 15 is 0 Å². The number of carbonyl (C=O) groups excluding carboxylic acids is 2. The van der Waals surface area contributed by atoms with E-state index in [-0.39, 0.29) is 11.6 Å².